The number of aromatic nitrogens is 2. The normalized spacial score (nSPS) is 21.4. The zero-order valence-corrected chi connectivity index (χ0v) is 19.6. The van der Waals surface area contributed by atoms with Crippen LogP contribution in [0.5, 0.6) is 5.75 Å². The Morgan fingerprint density at radius 1 is 1.06 bits per heavy atom. The molecule has 0 bridgehead atoms. The standard InChI is InChI=1S/C28H29N3O3/c1-19-16-30(18-29-19)26-13-8-21(15-27(26)34-2)14-23-11-12-24-4-3-5-25(31(24)28(23)33)22-9-6-20(17-32)7-10-22/h6-10,13-18,24-25H,3-5,11-12H2,1-2H3/b23-14+/t24-,25+/m1/s1. The molecule has 5 rings (SSSR count). The topological polar surface area (TPSA) is 64.4 Å². The number of aryl methyl sites for hydroxylation is 1. The van der Waals surface area contributed by atoms with E-state index in [9.17, 15) is 9.59 Å². The van der Waals surface area contributed by atoms with Crippen molar-refractivity contribution >= 4 is 18.3 Å². The molecular formula is C28H29N3O3. The molecule has 174 valence electrons. The van der Waals surface area contributed by atoms with Gasteiger partial charge in [-0.25, -0.2) is 4.98 Å². The Morgan fingerprint density at radius 3 is 2.56 bits per heavy atom. The van der Waals surface area contributed by atoms with Gasteiger partial charge in [0.2, 0.25) is 0 Å². The van der Waals surface area contributed by atoms with Crippen LogP contribution in [0.2, 0.25) is 0 Å². The molecule has 0 N–H and O–H groups in total. The molecule has 2 fully saturated rings. The fraction of sp³-hybridized carbons (Fsp3) is 0.321. The van der Waals surface area contributed by atoms with E-state index in [-0.39, 0.29) is 18.0 Å². The summed E-state index contributed by atoms with van der Waals surface area (Å²) in [5, 5.41) is 0. The Bertz CT molecular complexity index is 1240. The molecule has 2 aliphatic heterocycles. The first-order valence-electron chi connectivity index (χ1n) is 11.8. The van der Waals surface area contributed by atoms with E-state index in [1.165, 1.54) is 0 Å². The van der Waals surface area contributed by atoms with Crippen molar-refractivity contribution in [3.63, 3.8) is 0 Å². The molecule has 0 radical (unpaired) electrons. The second kappa shape index (κ2) is 9.29. The van der Waals surface area contributed by atoms with Crippen LogP contribution in [0, 0.1) is 6.92 Å². The molecule has 6 nitrogen and oxygen atoms in total. The molecule has 2 aromatic carbocycles. The molecule has 3 heterocycles. The smallest absolute Gasteiger partial charge is 0.250 e. The third-order valence-corrected chi connectivity index (χ3v) is 6.99. The number of carbonyl (C=O) groups is 2. The minimum absolute atomic E-state index is 0.0528. The highest BCUT2D eigenvalue weighted by atomic mass is 16.5. The molecule has 1 aromatic heterocycles. The molecule has 0 spiro atoms. The first-order chi connectivity index (χ1) is 16.6. The Morgan fingerprint density at radius 2 is 1.85 bits per heavy atom. The lowest BCUT2D eigenvalue weighted by atomic mass is 9.83. The van der Waals surface area contributed by atoms with Crippen molar-refractivity contribution < 1.29 is 14.3 Å². The molecule has 1 amide bonds. The van der Waals surface area contributed by atoms with E-state index in [1.54, 1.807) is 13.4 Å². The Hall–Kier alpha value is -3.67. The molecule has 6 heteroatoms. The monoisotopic (exact) mass is 455 g/mol. The first kappa shape index (κ1) is 22.1. The number of imidazole rings is 1. The zero-order chi connectivity index (χ0) is 23.7. The number of nitrogens with zero attached hydrogens (tertiary/aromatic N) is 3. The van der Waals surface area contributed by atoms with Gasteiger partial charge in [-0.15, -0.1) is 0 Å². The van der Waals surface area contributed by atoms with Crippen molar-refractivity contribution in [1.82, 2.24) is 14.5 Å². The van der Waals surface area contributed by atoms with Crippen molar-refractivity contribution in [2.75, 3.05) is 7.11 Å². The van der Waals surface area contributed by atoms with E-state index in [0.29, 0.717) is 5.56 Å². The number of aldehydes is 1. The van der Waals surface area contributed by atoms with Gasteiger partial charge in [0.25, 0.3) is 5.91 Å². The Labute approximate surface area is 199 Å². The lowest BCUT2D eigenvalue weighted by Gasteiger charge is -2.46. The van der Waals surface area contributed by atoms with Gasteiger partial charge in [-0.05, 0) is 68.4 Å². The van der Waals surface area contributed by atoms with E-state index in [4.69, 9.17) is 4.74 Å². The molecule has 0 saturated carbocycles. The van der Waals surface area contributed by atoms with E-state index in [0.717, 1.165) is 72.2 Å². The van der Waals surface area contributed by atoms with Crippen LogP contribution < -0.4 is 4.74 Å². The Balaban J connectivity index is 1.43. The maximum absolute atomic E-state index is 13.7. The second-order valence-corrected chi connectivity index (χ2v) is 9.16. The number of amides is 1. The second-order valence-electron chi connectivity index (χ2n) is 9.16. The molecule has 2 atom stereocenters. The minimum atomic E-state index is 0.0528. The van der Waals surface area contributed by atoms with Crippen molar-refractivity contribution in [2.24, 2.45) is 0 Å². The molecule has 0 aliphatic carbocycles. The van der Waals surface area contributed by atoms with E-state index in [2.05, 4.69) is 9.88 Å². The highest BCUT2D eigenvalue weighted by molar-refractivity contribution is 5.99. The number of methoxy groups -OCH3 is 1. The average molecular weight is 456 g/mol. The predicted octanol–water partition coefficient (Wildman–Crippen LogP) is 5.30. The number of piperidine rings is 2. The number of carbonyl (C=O) groups excluding carboxylic acids is 2. The summed E-state index contributed by atoms with van der Waals surface area (Å²) in [4.78, 5) is 31.1. The zero-order valence-electron chi connectivity index (χ0n) is 19.6. The van der Waals surface area contributed by atoms with Gasteiger partial charge in [0, 0.05) is 23.4 Å². The van der Waals surface area contributed by atoms with Gasteiger partial charge in [0.15, 0.2) is 0 Å². The van der Waals surface area contributed by atoms with Gasteiger partial charge in [-0.1, -0.05) is 30.3 Å². The van der Waals surface area contributed by atoms with Crippen LogP contribution in [-0.2, 0) is 4.79 Å². The quantitative estimate of drug-likeness (QED) is 0.387. The van der Waals surface area contributed by atoms with Crippen molar-refractivity contribution in [3.8, 4) is 11.4 Å². The summed E-state index contributed by atoms with van der Waals surface area (Å²) in [6.07, 6.45) is 11.5. The molecule has 0 unspecified atom stereocenters. The SMILES string of the molecule is COc1cc(/C=C2\CC[C@H]3CCC[C@@H](c4ccc(C=O)cc4)N3C2=O)ccc1-n1cnc(C)c1. The van der Waals surface area contributed by atoms with Gasteiger partial charge in [-0.2, -0.15) is 0 Å². The van der Waals surface area contributed by atoms with Crippen LogP contribution in [0.1, 0.15) is 65.3 Å². The molecule has 2 aliphatic rings. The summed E-state index contributed by atoms with van der Waals surface area (Å²) >= 11 is 0. The van der Waals surface area contributed by atoms with Gasteiger partial charge < -0.3 is 14.2 Å². The summed E-state index contributed by atoms with van der Waals surface area (Å²) in [6, 6.07) is 14.0. The van der Waals surface area contributed by atoms with Crippen molar-refractivity contribution in [3.05, 3.63) is 82.9 Å². The summed E-state index contributed by atoms with van der Waals surface area (Å²) < 4.78 is 7.59. The molecule has 34 heavy (non-hydrogen) atoms. The number of ether oxygens (including phenoxy) is 1. The maximum Gasteiger partial charge on any atom is 0.250 e. The summed E-state index contributed by atoms with van der Waals surface area (Å²) in [5.41, 5.74) is 5.39. The predicted molar refractivity (Wildman–Crippen MR) is 131 cm³/mol. The van der Waals surface area contributed by atoms with Gasteiger partial charge in [0.05, 0.1) is 30.9 Å². The largest absolute Gasteiger partial charge is 0.495 e. The van der Waals surface area contributed by atoms with Crippen LogP contribution in [0.3, 0.4) is 0 Å². The molecule has 3 aromatic rings. The van der Waals surface area contributed by atoms with Crippen LogP contribution in [0.25, 0.3) is 11.8 Å². The van der Waals surface area contributed by atoms with E-state index >= 15 is 0 Å². The fourth-order valence-corrected chi connectivity index (χ4v) is 5.27. The van der Waals surface area contributed by atoms with Crippen molar-refractivity contribution in [2.45, 2.75) is 51.1 Å². The summed E-state index contributed by atoms with van der Waals surface area (Å²) in [7, 11) is 1.66. The minimum Gasteiger partial charge on any atom is -0.495 e. The third-order valence-electron chi connectivity index (χ3n) is 6.99. The highest BCUT2D eigenvalue weighted by Crippen LogP contribution is 2.41. The molecular weight excluding hydrogens is 426 g/mol. The highest BCUT2D eigenvalue weighted by Gasteiger charge is 2.39. The average Bonchev–Trinajstić information content (AvgIpc) is 3.31. The Kier molecular flexibility index (Phi) is 6.05. The van der Waals surface area contributed by atoms with Crippen molar-refractivity contribution in [1.29, 1.82) is 0 Å². The van der Waals surface area contributed by atoms with Gasteiger partial charge in [-0.3, -0.25) is 9.59 Å². The lowest BCUT2D eigenvalue weighted by molar-refractivity contribution is -0.136. The number of fused-ring (bicyclic) bond motifs is 1. The lowest BCUT2D eigenvalue weighted by Crippen LogP contribution is -2.49. The molecule has 2 saturated heterocycles. The number of rotatable bonds is 5. The van der Waals surface area contributed by atoms with Crippen LogP contribution in [-0.4, -0.2) is 39.8 Å². The maximum atomic E-state index is 13.7. The third kappa shape index (κ3) is 4.16. The van der Waals surface area contributed by atoms with Crippen LogP contribution in [0.15, 0.2) is 60.6 Å². The fourth-order valence-electron chi connectivity index (χ4n) is 5.27. The number of benzene rings is 2. The summed E-state index contributed by atoms with van der Waals surface area (Å²) in [6.45, 7) is 1.95. The first-order valence-corrected chi connectivity index (χ1v) is 11.8. The van der Waals surface area contributed by atoms with E-state index < -0.39 is 0 Å². The number of hydrogen-bond acceptors (Lipinski definition) is 4. The van der Waals surface area contributed by atoms with Crippen LogP contribution >= 0.6 is 0 Å². The van der Waals surface area contributed by atoms with Crippen LogP contribution in [0.4, 0.5) is 0 Å². The van der Waals surface area contributed by atoms with E-state index in [1.807, 2.05) is 66.2 Å². The summed E-state index contributed by atoms with van der Waals surface area (Å²) in [5.74, 6) is 0.854. The number of hydrogen-bond donors (Lipinski definition) is 0. The van der Waals surface area contributed by atoms with Gasteiger partial charge in [0.1, 0.15) is 12.0 Å². The van der Waals surface area contributed by atoms with Gasteiger partial charge >= 0.3 is 0 Å².